The number of alkyl halides is 1. The normalized spacial score (nSPS) is 12.6. The molecule has 1 aromatic rings. The SMILES string of the molecule is CC(C)CC(CCl)NC(=O)c1ccc(Br)cc1Cl. The van der Waals surface area contributed by atoms with Gasteiger partial charge in [0, 0.05) is 16.4 Å². The highest BCUT2D eigenvalue weighted by Crippen LogP contribution is 2.21. The van der Waals surface area contributed by atoms with Crippen LogP contribution in [-0.2, 0) is 0 Å². The Morgan fingerprint density at radius 1 is 1.44 bits per heavy atom. The lowest BCUT2D eigenvalue weighted by Crippen LogP contribution is -2.37. The minimum atomic E-state index is -0.182. The average molecular weight is 353 g/mol. The third kappa shape index (κ3) is 4.79. The zero-order chi connectivity index (χ0) is 13.7. The van der Waals surface area contributed by atoms with Gasteiger partial charge in [0.1, 0.15) is 0 Å². The number of nitrogens with one attached hydrogen (secondary N) is 1. The molecule has 5 heteroatoms. The molecule has 18 heavy (non-hydrogen) atoms. The van der Waals surface area contributed by atoms with E-state index >= 15 is 0 Å². The van der Waals surface area contributed by atoms with E-state index in [0.29, 0.717) is 22.4 Å². The van der Waals surface area contributed by atoms with Crippen molar-refractivity contribution in [2.24, 2.45) is 5.92 Å². The summed E-state index contributed by atoms with van der Waals surface area (Å²) in [5.74, 6) is 0.700. The third-order valence-corrected chi connectivity index (χ3v) is 3.63. The second-order valence-corrected chi connectivity index (χ2v) is 6.21. The fourth-order valence-corrected chi connectivity index (χ4v) is 2.63. The van der Waals surface area contributed by atoms with Gasteiger partial charge in [0.25, 0.3) is 5.91 Å². The van der Waals surface area contributed by atoms with E-state index in [1.165, 1.54) is 0 Å². The van der Waals surface area contributed by atoms with Crippen molar-refractivity contribution in [1.82, 2.24) is 5.32 Å². The zero-order valence-electron chi connectivity index (χ0n) is 10.3. The summed E-state index contributed by atoms with van der Waals surface area (Å²) < 4.78 is 0.847. The van der Waals surface area contributed by atoms with E-state index in [4.69, 9.17) is 23.2 Å². The minimum Gasteiger partial charge on any atom is -0.348 e. The number of hydrogen-bond acceptors (Lipinski definition) is 1. The number of amides is 1. The van der Waals surface area contributed by atoms with E-state index in [-0.39, 0.29) is 11.9 Å². The maximum atomic E-state index is 12.1. The Kier molecular flexibility index (Phi) is 6.47. The second-order valence-electron chi connectivity index (χ2n) is 4.58. The number of benzene rings is 1. The Morgan fingerprint density at radius 2 is 2.11 bits per heavy atom. The van der Waals surface area contributed by atoms with Crippen LogP contribution in [0.5, 0.6) is 0 Å². The monoisotopic (exact) mass is 351 g/mol. The minimum absolute atomic E-state index is 0.0288. The molecule has 100 valence electrons. The van der Waals surface area contributed by atoms with Crippen LogP contribution >= 0.6 is 39.1 Å². The van der Waals surface area contributed by atoms with Crippen LogP contribution in [0.3, 0.4) is 0 Å². The number of rotatable bonds is 5. The number of carbonyl (C=O) groups is 1. The Morgan fingerprint density at radius 3 is 2.61 bits per heavy atom. The molecule has 1 N–H and O–H groups in total. The molecule has 0 aliphatic heterocycles. The summed E-state index contributed by atoms with van der Waals surface area (Å²) in [4.78, 5) is 12.1. The van der Waals surface area contributed by atoms with Gasteiger partial charge in [-0.1, -0.05) is 41.4 Å². The highest BCUT2D eigenvalue weighted by molar-refractivity contribution is 9.10. The molecule has 1 rings (SSSR count). The summed E-state index contributed by atoms with van der Waals surface area (Å²) in [6.07, 6.45) is 0.851. The molecule has 0 aliphatic carbocycles. The molecule has 0 aromatic heterocycles. The number of halogens is 3. The van der Waals surface area contributed by atoms with Crippen LogP contribution in [0.2, 0.25) is 5.02 Å². The van der Waals surface area contributed by atoms with Crippen molar-refractivity contribution in [1.29, 1.82) is 0 Å². The first-order chi connectivity index (χ1) is 8.43. The highest BCUT2D eigenvalue weighted by atomic mass is 79.9. The van der Waals surface area contributed by atoms with Gasteiger partial charge in [0.15, 0.2) is 0 Å². The van der Waals surface area contributed by atoms with Crippen LogP contribution in [0.15, 0.2) is 22.7 Å². The molecule has 2 nitrogen and oxygen atoms in total. The van der Waals surface area contributed by atoms with Gasteiger partial charge in [0.05, 0.1) is 10.6 Å². The molecular formula is C13H16BrCl2NO. The van der Waals surface area contributed by atoms with Crippen molar-refractivity contribution < 1.29 is 4.79 Å². The molecule has 0 heterocycles. The van der Waals surface area contributed by atoms with E-state index < -0.39 is 0 Å². The molecule has 1 atom stereocenters. The van der Waals surface area contributed by atoms with Gasteiger partial charge < -0.3 is 5.32 Å². The molecule has 0 aliphatic rings. The van der Waals surface area contributed by atoms with E-state index in [9.17, 15) is 4.79 Å². The first kappa shape index (κ1) is 15.8. The van der Waals surface area contributed by atoms with Crippen molar-refractivity contribution in [3.63, 3.8) is 0 Å². The van der Waals surface area contributed by atoms with E-state index in [2.05, 4.69) is 35.1 Å². The van der Waals surface area contributed by atoms with Gasteiger partial charge in [0.2, 0.25) is 0 Å². The second kappa shape index (κ2) is 7.37. The largest absolute Gasteiger partial charge is 0.348 e. The van der Waals surface area contributed by atoms with Gasteiger partial charge in [-0.15, -0.1) is 11.6 Å². The Hall–Kier alpha value is -0.250. The lowest BCUT2D eigenvalue weighted by Gasteiger charge is -2.18. The summed E-state index contributed by atoms with van der Waals surface area (Å²) in [6.45, 7) is 4.19. The highest BCUT2D eigenvalue weighted by Gasteiger charge is 2.16. The quantitative estimate of drug-likeness (QED) is 0.777. The van der Waals surface area contributed by atoms with Gasteiger partial charge in [-0.05, 0) is 30.5 Å². The summed E-state index contributed by atoms with van der Waals surface area (Å²) in [7, 11) is 0. The third-order valence-electron chi connectivity index (χ3n) is 2.45. The standard InChI is InChI=1S/C13H16BrCl2NO/c1-8(2)5-10(7-15)17-13(18)11-4-3-9(14)6-12(11)16/h3-4,6,8,10H,5,7H2,1-2H3,(H,17,18). The van der Waals surface area contributed by atoms with Crippen LogP contribution in [0.1, 0.15) is 30.6 Å². The summed E-state index contributed by atoms with van der Waals surface area (Å²) in [6, 6.07) is 5.16. The Bertz CT molecular complexity index is 423. The Balaban J connectivity index is 2.74. The lowest BCUT2D eigenvalue weighted by molar-refractivity contribution is 0.0937. The average Bonchev–Trinajstić information content (AvgIpc) is 2.27. The molecule has 0 saturated carbocycles. The van der Waals surface area contributed by atoms with E-state index in [1.54, 1.807) is 18.2 Å². The fourth-order valence-electron chi connectivity index (χ4n) is 1.67. The van der Waals surface area contributed by atoms with Gasteiger partial charge >= 0.3 is 0 Å². The van der Waals surface area contributed by atoms with Crippen LogP contribution < -0.4 is 5.32 Å². The van der Waals surface area contributed by atoms with Crippen molar-refractivity contribution in [2.45, 2.75) is 26.3 Å². The number of carbonyl (C=O) groups excluding carboxylic acids is 1. The maximum absolute atomic E-state index is 12.1. The predicted molar refractivity (Wildman–Crippen MR) is 80.6 cm³/mol. The zero-order valence-corrected chi connectivity index (χ0v) is 13.4. The van der Waals surface area contributed by atoms with E-state index in [1.807, 2.05) is 0 Å². The smallest absolute Gasteiger partial charge is 0.253 e. The molecule has 0 fully saturated rings. The van der Waals surface area contributed by atoms with Crippen LogP contribution in [-0.4, -0.2) is 17.8 Å². The summed E-state index contributed by atoms with van der Waals surface area (Å²) in [5, 5.41) is 3.33. The van der Waals surface area contributed by atoms with Crippen molar-refractivity contribution in [3.05, 3.63) is 33.3 Å². The lowest BCUT2D eigenvalue weighted by atomic mass is 10.0. The molecule has 1 aromatic carbocycles. The fraction of sp³-hybridized carbons (Fsp3) is 0.462. The van der Waals surface area contributed by atoms with Crippen LogP contribution in [0.4, 0.5) is 0 Å². The molecule has 0 spiro atoms. The van der Waals surface area contributed by atoms with Gasteiger partial charge in [-0.25, -0.2) is 0 Å². The first-order valence-electron chi connectivity index (χ1n) is 5.76. The first-order valence-corrected chi connectivity index (χ1v) is 7.46. The summed E-state index contributed by atoms with van der Waals surface area (Å²) >= 11 is 15.2. The van der Waals surface area contributed by atoms with Gasteiger partial charge in [-0.2, -0.15) is 0 Å². The molecule has 0 saturated heterocycles. The van der Waals surface area contributed by atoms with Crippen LogP contribution in [0.25, 0.3) is 0 Å². The van der Waals surface area contributed by atoms with Crippen molar-refractivity contribution in [2.75, 3.05) is 5.88 Å². The van der Waals surface area contributed by atoms with Crippen molar-refractivity contribution in [3.8, 4) is 0 Å². The number of hydrogen-bond donors (Lipinski definition) is 1. The molecule has 0 bridgehead atoms. The molecule has 1 amide bonds. The predicted octanol–water partition coefficient (Wildman–Crippen LogP) is 4.49. The topological polar surface area (TPSA) is 29.1 Å². The van der Waals surface area contributed by atoms with Gasteiger partial charge in [-0.3, -0.25) is 4.79 Å². The molecule has 1 unspecified atom stereocenters. The van der Waals surface area contributed by atoms with Crippen LogP contribution in [0, 0.1) is 5.92 Å². The summed E-state index contributed by atoms with van der Waals surface area (Å²) in [5.41, 5.74) is 0.471. The van der Waals surface area contributed by atoms with Crippen molar-refractivity contribution >= 4 is 45.0 Å². The van der Waals surface area contributed by atoms with E-state index in [0.717, 1.165) is 10.9 Å². The molecular weight excluding hydrogens is 337 g/mol. The maximum Gasteiger partial charge on any atom is 0.253 e. The Labute approximate surface area is 126 Å². The molecule has 0 radical (unpaired) electrons.